The number of hydrazone groups is 1. The van der Waals surface area contributed by atoms with Crippen LogP contribution in [0.2, 0.25) is 0 Å². The van der Waals surface area contributed by atoms with Crippen molar-refractivity contribution < 1.29 is 19.0 Å². The van der Waals surface area contributed by atoms with Crippen molar-refractivity contribution >= 4 is 12.1 Å². The number of hydrogen-bond donors (Lipinski definition) is 1. The second-order valence-corrected chi connectivity index (χ2v) is 8.09. The van der Waals surface area contributed by atoms with E-state index in [4.69, 9.17) is 14.2 Å². The van der Waals surface area contributed by atoms with Crippen molar-refractivity contribution in [1.29, 1.82) is 0 Å². The summed E-state index contributed by atoms with van der Waals surface area (Å²) in [6, 6.07) is 34.6. The lowest BCUT2D eigenvalue weighted by Gasteiger charge is -2.13. The molecule has 1 N–H and O–H groups in total. The average molecular weight is 481 g/mol. The van der Waals surface area contributed by atoms with Gasteiger partial charge in [-0.2, -0.15) is 5.10 Å². The molecule has 0 aromatic heterocycles. The van der Waals surface area contributed by atoms with Crippen LogP contribution in [-0.2, 0) is 18.0 Å². The van der Waals surface area contributed by atoms with E-state index in [1.165, 1.54) is 0 Å². The fraction of sp³-hybridized carbons (Fsp3) is 0.133. The summed E-state index contributed by atoms with van der Waals surface area (Å²) in [4.78, 5) is 12.4. The van der Waals surface area contributed by atoms with Crippen molar-refractivity contribution in [2.75, 3.05) is 0 Å². The van der Waals surface area contributed by atoms with Crippen molar-refractivity contribution in [3.63, 3.8) is 0 Å². The molecule has 6 nitrogen and oxygen atoms in total. The van der Waals surface area contributed by atoms with Gasteiger partial charge in [0, 0.05) is 0 Å². The Morgan fingerprint density at radius 3 is 1.97 bits per heavy atom. The predicted octanol–water partition coefficient (Wildman–Crippen LogP) is 5.76. The fourth-order valence-electron chi connectivity index (χ4n) is 3.30. The van der Waals surface area contributed by atoms with Crippen LogP contribution in [0.15, 0.2) is 114 Å². The third-order valence-electron chi connectivity index (χ3n) is 5.25. The first-order valence-corrected chi connectivity index (χ1v) is 11.7. The Labute approximate surface area is 211 Å². The van der Waals surface area contributed by atoms with E-state index in [9.17, 15) is 4.79 Å². The quantitative estimate of drug-likeness (QED) is 0.219. The van der Waals surface area contributed by atoms with E-state index in [1.807, 2.05) is 97.1 Å². The van der Waals surface area contributed by atoms with Gasteiger partial charge in [0.15, 0.2) is 6.10 Å². The molecular weight excluding hydrogens is 452 g/mol. The lowest BCUT2D eigenvalue weighted by molar-refractivity contribution is -0.127. The molecule has 36 heavy (non-hydrogen) atoms. The molecule has 0 bridgehead atoms. The molecule has 1 atom stereocenters. The monoisotopic (exact) mass is 480 g/mol. The van der Waals surface area contributed by atoms with Crippen molar-refractivity contribution in [1.82, 2.24) is 5.43 Å². The molecule has 1 amide bonds. The highest BCUT2D eigenvalue weighted by molar-refractivity contribution is 5.84. The van der Waals surface area contributed by atoms with Crippen molar-refractivity contribution in [3.8, 4) is 17.2 Å². The highest BCUT2D eigenvalue weighted by Gasteiger charge is 2.14. The number of carbonyl (C=O) groups excluding carboxylic acids is 1. The van der Waals surface area contributed by atoms with Gasteiger partial charge in [0.1, 0.15) is 30.5 Å². The molecule has 0 aliphatic heterocycles. The Hall–Kier alpha value is -4.58. The third-order valence-corrected chi connectivity index (χ3v) is 5.25. The van der Waals surface area contributed by atoms with E-state index in [2.05, 4.69) is 10.5 Å². The summed E-state index contributed by atoms with van der Waals surface area (Å²) in [5, 5.41) is 4.05. The standard InChI is InChI=1S/C30H28N2O4/c1-23(36-28-17-15-27(16-18-28)34-21-24-9-4-2-5-10-24)30(33)32-31-20-26-13-8-14-29(19-26)35-22-25-11-6-3-7-12-25/h2-20,23H,21-22H2,1H3,(H,32,33)/b31-20-/t23-/m0/s1. The Balaban J connectivity index is 1.22. The first-order valence-electron chi connectivity index (χ1n) is 11.7. The number of carbonyl (C=O) groups is 1. The normalized spacial score (nSPS) is 11.6. The fourth-order valence-corrected chi connectivity index (χ4v) is 3.30. The molecule has 0 aliphatic carbocycles. The van der Waals surface area contributed by atoms with Gasteiger partial charge in [0.05, 0.1) is 6.21 Å². The van der Waals surface area contributed by atoms with Gasteiger partial charge in [-0.05, 0) is 60.0 Å². The van der Waals surface area contributed by atoms with Crippen LogP contribution in [0.1, 0.15) is 23.6 Å². The summed E-state index contributed by atoms with van der Waals surface area (Å²) >= 11 is 0. The van der Waals surface area contributed by atoms with Crippen LogP contribution in [0.3, 0.4) is 0 Å². The summed E-state index contributed by atoms with van der Waals surface area (Å²) in [5.41, 5.74) is 5.51. The first-order chi connectivity index (χ1) is 17.7. The van der Waals surface area contributed by atoms with Crippen molar-refractivity contribution in [2.45, 2.75) is 26.2 Å². The van der Waals surface area contributed by atoms with Gasteiger partial charge in [-0.1, -0.05) is 72.8 Å². The summed E-state index contributed by atoms with van der Waals surface area (Å²) in [5.74, 6) is 1.66. The van der Waals surface area contributed by atoms with Gasteiger partial charge in [-0.15, -0.1) is 0 Å². The molecule has 4 aromatic rings. The van der Waals surface area contributed by atoms with Crippen LogP contribution >= 0.6 is 0 Å². The minimum Gasteiger partial charge on any atom is -0.489 e. The zero-order valence-electron chi connectivity index (χ0n) is 20.0. The van der Waals surface area contributed by atoms with E-state index >= 15 is 0 Å². The van der Waals surface area contributed by atoms with Gasteiger partial charge >= 0.3 is 0 Å². The second-order valence-electron chi connectivity index (χ2n) is 8.09. The number of rotatable bonds is 11. The summed E-state index contributed by atoms with van der Waals surface area (Å²) < 4.78 is 17.3. The minimum atomic E-state index is -0.723. The van der Waals surface area contributed by atoms with E-state index in [1.54, 1.807) is 25.3 Å². The average Bonchev–Trinajstić information content (AvgIpc) is 2.93. The molecule has 0 radical (unpaired) electrons. The van der Waals surface area contributed by atoms with Crippen LogP contribution in [0.4, 0.5) is 0 Å². The molecule has 0 aliphatic rings. The van der Waals surface area contributed by atoms with Gasteiger partial charge in [-0.25, -0.2) is 5.43 Å². The minimum absolute atomic E-state index is 0.355. The molecular formula is C30H28N2O4. The molecule has 4 rings (SSSR count). The van der Waals surface area contributed by atoms with E-state index in [0.717, 1.165) is 28.2 Å². The van der Waals surface area contributed by atoms with E-state index < -0.39 is 6.10 Å². The Morgan fingerprint density at radius 1 is 0.750 bits per heavy atom. The van der Waals surface area contributed by atoms with Gasteiger partial charge < -0.3 is 14.2 Å². The number of benzene rings is 4. The number of nitrogens with one attached hydrogen (secondary N) is 1. The predicted molar refractivity (Wildman–Crippen MR) is 140 cm³/mol. The van der Waals surface area contributed by atoms with Crippen LogP contribution in [0.25, 0.3) is 0 Å². The molecule has 0 spiro atoms. The van der Waals surface area contributed by atoms with Crippen molar-refractivity contribution in [2.24, 2.45) is 5.10 Å². The molecule has 0 saturated heterocycles. The number of ether oxygens (including phenoxy) is 3. The maximum atomic E-state index is 12.4. The zero-order valence-corrected chi connectivity index (χ0v) is 20.0. The lowest BCUT2D eigenvalue weighted by atomic mass is 10.2. The first kappa shape index (κ1) is 24.5. The number of hydrogen-bond acceptors (Lipinski definition) is 5. The molecule has 182 valence electrons. The van der Waals surface area contributed by atoms with Gasteiger partial charge in [0.25, 0.3) is 5.91 Å². The third kappa shape index (κ3) is 7.74. The Morgan fingerprint density at radius 2 is 1.33 bits per heavy atom. The maximum Gasteiger partial charge on any atom is 0.280 e. The molecule has 4 aromatic carbocycles. The number of amides is 1. The number of nitrogens with zero attached hydrogens (tertiary/aromatic N) is 1. The van der Waals surface area contributed by atoms with E-state index in [0.29, 0.717) is 19.0 Å². The molecule has 0 heterocycles. The van der Waals surface area contributed by atoms with Crippen LogP contribution in [0, 0.1) is 0 Å². The Kier molecular flexibility index (Phi) is 8.70. The SMILES string of the molecule is C[C@H](Oc1ccc(OCc2ccccc2)cc1)C(=O)N/N=C\c1cccc(OCc2ccccc2)c1. The summed E-state index contributed by atoms with van der Waals surface area (Å²) in [7, 11) is 0. The Bertz CT molecular complexity index is 1260. The largest absolute Gasteiger partial charge is 0.489 e. The van der Waals surface area contributed by atoms with Gasteiger partial charge in [-0.3, -0.25) is 4.79 Å². The van der Waals surface area contributed by atoms with E-state index in [-0.39, 0.29) is 5.91 Å². The highest BCUT2D eigenvalue weighted by atomic mass is 16.5. The van der Waals surface area contributed by atoms with Gasteiger partial charge in [0.2, 0.25) is 0 Å². The van der Waals surface area contributed by atoms with Crippen LogP contribution in [-0.4, -0.2) is 18.2 Å². The van der Waals surface area contributed by atoms with Crippen molar-refractivity contribution in [3.05, 3.63) is 126 Å². The second kappa shape index (κ2) is 12.8. The molecule has 6 heteroatoms. The van der Waals surface area contributed by atoms with Crippen LogP contribution in [0.5, 0.6) is 17.2 Å². The summed E-state index contributed by atoms with van der Waals surface area (Å²) in [6.07, 6.45) is 0.845. The maximum absolute atomic E-state index is 12.4. The topological polar surface area (TPSA) is 69.2 Å². The summed E-state index contributed by atoms with van der Waals surface area (Å²) in [6.45, 7) is 2.63. The molecule has 0 unspecified atom stereocenters. The lowest BCUT2D eigenvalue weighted by Crippen LogP contribution is -2.33. The highest BCUT2D eigenvalue weighted by Crippen LogP contribution is 2.20. The molecule has 0 fully saturated rings. The smallest absolute Gasteiger partial charge is 0.280 e. The molecule has 0 saturated carbocycles. The van der Waals surface area contributed by atoms with Crippen LogP contribution < -0.4 is 19.6 Å². The zero-order chi connectivity index (χ0) is 25.0.